The van der Waals surface area contributed by atoms with Gasteiger partial charge in [0.25, 0.3) is 0 Å². The molecule has 0 aliphatic rings. The van der Waals surface area contributed by atoms with E-state index in [1.54, 1.807) is 24.3 Å². The first-order chi connectivity index (χ1) is 15.5. The highest BCUT2D eigenvalue weighted by Gasteiger charge is 2.18. The van der Waals surface area contributed by atoms with Crippen LogP contribution in [0, 0.1) is 0 Å². The van der Waals surface area contributed by atoms with E-state index in [1.165, 1.54) is 6.07 Å². The highest BCUT2D eigenvalue weighted by atomic mass is 79.9. The molecule has 0 unspecified atom stereocenters. The van der Waals surface area contributed by atoms with E-state index in [-0.39, 0.29) is 41.6 Å². The van der Waals surface area contributed by atoms with Crippen molar-refractivity contribution in [2.24, 2.45) is 0 Å². The average molecular weight is 710 g/mol. The summed E-state index contributed by atoms with van der Waals surface area (Å²) < 4.78 is 12.6. The fourth-order valence-corrected chi connectivity index (χ4v) is 5.39. The van der Waals surface area contributed by atoms with Crippen molar-refractivity contribution in [3.63, 3.8) is 0 Å². The molecule has 11 heteroatoms. The fraction of sp³-hybridized carbons (Fsp3) is 0.0909. The van der Waals surface area contributed by atoms with Crippen LogP contribution in [0.15, 0.2) is 60.4 Å². The van der Waals surface area contributed by atoms with Crippen LogP contribution >= 0.6 is 63.7 Å². The number of rotatable bonds is 6. The smallest absolute Gasteiger partial charge is 0.338 e. The number of ether oxygens (including phenoxy) is 2. The zero-order valence-corrected chi connectivity index (χ0v) is 22.8. The number of phenols is 3. The monoisotopic (exact) mass is 706 g/mol. The van der Waals surface area contributed by atoms with Gasteiger partial charge in [0.15, 0.2) is 0 Å². The topological polar surface area (TPSA) is 113 Å². The predicted octanol–water partition coefficient (Wildman–Crippen LogP) is 6.57. The van der Waals surface area contributed by atoms with Crippen molar-refractivity contribution < 1.29 is 34.4 Å². The molecule has 0 aromatic heterocycles. The number of esters is 2. The van der Waals surface area contributed by atoms with E-state index in [0.717, 1.165) is 12.1 Å². The van der Waals surface area contributed by atoms with Gasteiger partial charge < -0.3 is 24.8 Å². The van der Waals surface area contributed by atoms with E-state index >= 15 is 0 Å². The summed E-state index contributed by atoms with van der Waals surface area (Å²) in [4.78, 5) is 25.0. The zero-order chi connectivity index (χ0) is 24.3. The van der Waals surface area contributed by atoms with Crippen LogP contribution in [-0.2, 0) is 22.7 Å². The first-order valence-electron chi connectivity index (χ1n) is 9.07. The first-order valence-corrected chi connectivity index (χ1v) is 12.2. The number of phenolic OH excluding ortho intramolecular Hbond substituents is 3. The molecule has 3 aromatic rings. The quantitative estimate of drug-likeness (QED) is 0.249. The van der Waals surface area contributed by atoms with Gasteiger partial charge >= 0.3 is 11.9 Å². The van der Waals surface area contributed by atoms with Crippen LogP contribution in [-0.4, -0.2) is 27.3 Å². The van der Waals surface area contributed by atoms with Gasteiger partial charge in [-0.25, -0.2) is 9.59 Å². The van der Waals surface area contributed by atoms with Crippen LogP contribution < -0.4 is 0 Å². The molecule has 0 saturated carbocycles. The van der Waals surface area contributed by atoms with Crippen LogP contribution in [0.1, 0.15) is 31.8 Å². The van der Waals surface area contributed by atoms with Gasteiger partial charge in [0.2, 0.25) is 0 Å². The van der Waals surface area contributed by atoms with Crippen LogP contribution in [0.25, 0.3) is 0 Å². The molecule has 0 fully saturated rings. The Morgan fingerprint density at radius 1 is 0.636 bits per heavy atom. The van der Waals surface area contributed by atoms with Gasteiger partial charge in [-0.3, -0.25) is 0 Å². The summed E-state index contributed by atoms with van der Waals surface area (Å²) in [6.45, 7) is -0.482. The Hall–Kier alpha value is -2.08. The first kappa shape index (κ1) is 25.5. The van der Waals surface area contributed by atoms with Crippen LogP contribution in [0.3, 0.4) is 0 Å². The second-order valence-electron chi connectivity index (χ2n) is 6.71. The highest BCUT2D eigenvalue weighted by molar-refractivity contribution is 9.11. The lowest BCUT2D eigenvalue weighted by molar-refractivity contribution is 0.0467. The standard InChI is InChI=1S/C22H14Br4O7/c23-14-2-12(19(28)17(25)6-14)8-32-21(30)10-1-11(5-16(27)4-10)22(31)33-9-13-3-15(24)7-18(26)20(13)29/h1-7,27-29H,8-9H2. The second-order valence-corrected chi connectivity index (χ2v) is 10.3. The molecule has 0 spiro atoms. The number of hydrogen-bond donors (Lipinski definition) is 3. The summed E-state index contributed by atoms with van der Waals surface area (Å²) in [6.07, 6.45) is 0. The molecule has 7 nitrogen and oxygen atoms in total. The summed E-state index contributed by atoms with van der Waals surface area (Å²) in [6, 6.07) is 9.97. The molecule has 0 saturated heterocycles. The van der Waals surface area contributed by atoms with E-state index in [9.17, 15) is 24.9 Å². The molecule has 33 heavy (non-hydrogen) atoms. The lowest BCUT2D eigenvalue weighted by Crippen LogP contribution is -2.09. The summed E-state index contributed by atoms with van der Waals surface area (Å²) in [5.41, 5.74) is 0.542. The number of hydrogen-bond acceptors (Lipinski definition) is 7. The largest absolute Gasteiger partial charge is 0.508 e. The second kappa shape index (κ2) is 10.9. The van der Waals surface area contributed by atoms with Crippen molar-refractivity contribution in [3.8, 4) is 17.2 Å². The molecule has 0 heterocycles. The number of benzene rings is 3. The van der Waals surface area contributed by atoms with Gasteiger partial charge in [0, 0.05) is 20.1 Å². The maximum absolute atomic E-state index is 12.5. The van der Waals surface area contributed by atoms with Gasteiger partial charge in [0.05, 0.1) is 20.1 Å². The zero-order valence-electron chi connectivity index (χ0n) is 16.4. The lowest BCUT2D eigenvalue weighted by Gasteiger charge is -2.11. The third-order valence-electron chi connectivity index (χ3n) is 4.32. The van der Waals surface area contributed by atoms with Crippen molar-refractivity contribution in [1.29, 1.82) is 0 Å². The van der Waals surface area contributed by atoms with Gasteiger partial charge in [-0.2, -0.15) is 0 Å². The maximum Gasteiger partial charge on any atom is 0.338 e. The van der Waals surface area contributed by atoms with Gasteiger partial charge in [0.1, 0.15) is 30.5 Å². The van der Waals surface area contributed by atoms with E-state index in [2.05, 4.69) is 63.7 Å². The Bertz CT molecular complexity index is 1150. The highest BCUT2D eigenvalue weighted by Crippen LogP contribution is 2.33. The number of carbonyl (C=O) groups excluding carboxylic acids is 2. The minimum absolute atomic E-state index is 0.0754. The van der Waals surface area contributed by atoms with Crippen molar-refractivity contribution in [3.05, 3.63) is 82.6 Å². The van der Waals surface area contributed by atoms with Crippen LogP contribution in [0.2, 0.25) is 0 Å². The van der Waals surface area contributed by atoms with E-state index in [1.807, 2.05) is 0 Å². The molecular weight excluding hydrogens is 696 g/mol. The fourth-order valence-electron chi connectivity index (χ4n) is 2.76. The molecule has 172 valence electrons. The molecular formula is C22H14Br4O7. The predicted molar refractivity (Wildman–Crippen MR) is 133 cm³/mol. The Morgan fingerprint density at radius 3 is 1.42 bits per heavy atom. The van der Waals surface area contributed by atoms with Crippen LogP contribution in [0.5, 0.6) is 17.2 Å². The van der Waals surface area contributed by atoms with Crippen molar-refractivity contribution in [2.75, 3.05) is 0 Å². The third kappa shape index (κ3) is 6.50. The third-order valence-corrected chi connectivity index (χ3v) is 6.45. The maximum atomic E-state index is 12.5. The molecule has 0 atom stereocenters. The summed E-state index contributed by atoms with van der Waals surface area (Å²) in [5.74, 6) is -2.12. The lowest BCUT2D eigenvalue weighted by atomic mass is 10.1. The van der Waals surface area contributed by atoms with E-state index in [4.69, 9.17) is 9.47 Å². The molecule has 0 bridgehead atoms. The molecule has 0 aliphatic carbocycles. The number of carbonyl (C=O) groups is 2. The number of aromatic hydroxyl groups is 3. The molecule has 3 rings (SSSR count). The summed E-state index contributed by atoms with van der Waals surface area (Å²) in [7, 11) is 0. The van der Waals surface area contributed by atoms with Gasteiger partial charge in [-0.15, -0.1) is 0 Å². The molecule has 3 aromatic carbocycles. The molecule has 3 N–H and O–H groups in total. The summed E-state index contributed by atoms with van der Waals surface area (Å²) >= 11 is 13.0. The van der Waals surface area contributed by atoms with Crippen molar-refractivity contribution in [2.45, 2.75) is 13.2 Å². The molecule has 0 aliphatic heterocycles. The van der Waals surface area contributed by atoms with Crippen LogP contribution in [0.4, 0.5) is 0 Å². The molecule has 0 amide bonds. The van der Waals surface area contributed by atoms with Gasteiger partial charge in [-0.1, -0.05) is 31.9 Å². The average Bonchev–Trinajstić information content (AvgIpc) is 2.75. The molecule has 0 radical (unpaired) electrons. The van der Waals surface area contributed by atoms with Crippen molar-refractivity contribution in [1.82, 2.24) is 0 Å². The minimum atomic E-state index is -0.816. The van der Waals surface area contributed by atoms with E-state index in [0.29, 0.717) is 29.0 Å². The Labute approximate surface area is 221 Å². The van der Waals surface area contributed by atoms with Gasteiger partial charge in [-0.05, 0) is 74.3 Å². The Kier molecular flexibility index (Phi) is 8.43. The Morgan fingerprint density at radius 2 is 1.03 bits per heavy atom. The SMILES string of the molecule is O=C(OCc1cc(Br)cc(Br)c1O)c1cc(O)cc(C(=O)OCc2cc(Br)cc(Br)c2O)c1. The van der Waals surface area contributed by atoms with Crippen molar-refractivity contribution >= 4 is 75.7 Å². The minimum Gasteiger partial charge on any atom is -0.508 e. The summed E-state index contributed by atoms with van der Waals surface area (Å²) in [5, 5.41) is 30.2. The number of halogens is 4. The Balaban J connectivity index is 1.72. The van der Waals surface area contributed by atoms with E-state index < -0.39 is 11.9 Å². The normalized spacial score (nSPS) is 10.7.